The van der Waals surface area contributed by atoms with Crippen LogP contribution in [0.2, 0.25) is 0 Å². The van der Waals surface area contributed by atoms with Gasteiger partial charge in [0.1, 0.15) is 6.61 Å². The van der Waals surface area contributed by atoms with E-state index in [1.54, 1.807) is 12.1 Å². The largest absolute Gasteiger partial charge is 0.486 e. The summed E-state index contributed by atoms with van der Waals surface area (Å²) in [5.41, 5.74) is 0.498. The summed E-state index contributed by atoms with van der Waals surface area (Å²) in [4.78, 5) is 0. The fraction of sp³-hybridized carbons (Fsp3) is 0.429. The number of aliphatic hydroxyl groups is 1. The molecule has 1 heterocycles. The zero-order valence-corrected chi connectivity index (χ0v) is 14.6. The van der Waals surface area contributed by atoms with Crippen molar-refractivity contribution < 1.29 is 23.7 Å². The molecule has 0 radical (unpaired) electrons. The maximum Gasteiger partial charge on any atom is 0.168 e. The first-order valence-corrected chi connectivity index (χ1v) is 9.06. The molecular weight excluding hydrogens is 335 g/mol. The molecular formula is C21H23FO4. The van der Waals surface area contributed by atoms with Gasteiger partial charge in [-0.1, -0.05) is 36.4 Å². The van der Waals surface area contributed by atoms with Crippen LogP contribution in [0.5, 0.6) is 5.75 Å². The van der Waals surface area contributed by atoms with Crippen LogP contribution in [0.4, 0.5) is 4.39 Å². The molecule has 5 heteroatoms. The molecule has 26 heavy (non-hydrogen) atoms. The Morgan fingerprint density at radius 2 is 1.65 bits per heavy atom. The van der Waals surface area contributed by atoms with E-state index in [4.69, 9.17) is 14.2 Å². The summed E-state index contributed by atoms with van der Waals surface area (Å²) in [6.07, 6.45) is 2.18. The lowest BCUT2D eigenvalue weighted by molar-refractivity contribution is -0.204. The second kappa shape index (κ2) is 6.99. The number of halogens is 1. The molecule has 1 saturated carbocycles. The summed E-state index contributed by atoms with van der Waals surface area (Å²) < 4.78 is 31.5. The molecule has 1 spiro atoms. The molecule has 2 aliphatic rings. The molecule has 1 saturated heterocycles. The fourth-order valence-electron chi connectivity index (χ4n) is 3.76. The zero-order chi connectivity index (χ0) is 18.0. The minimum Gasteiger partial charge on any atom is -0.486 e. The molecule has 0 aromatic heterocycles. The first kappa shape index (κ1) is 17.5. The van der Waals surface area contributed by atoms with Gasteiger partial charge in [-0.25, -0.2) is 4.39 Å². The van der Waals surface area contributed by atoms with Gasteiger partial charge in [-0.3, -0.25) is 0 Å². The number of benzene rings is 2. The Morgan fingerprint density at radius 3 is 2.31 bits per heavy atom. The molecule has 2 aromatic rings. The number of hydrogen-bond acceptors (Lipinski definition) is 4. The van der Waals surface area contributed by atoms with E-state index in [0.717, 1.165) is 5.56 Å². The van der Waals surface area contributed by atoms with E-state index in [0.29, 0.717) is 51.1 Å². The van der Waals surface area contributed by atoms with Gasteiger partial charge in [0.05, 0.1) is 18.8 Å². The van der Waals surface area contributed by atoms with E-state index in [-0.39, 0.29) is 5.75 Å². The van der Waals surface area contributed by atoms with Gasteiger partial charge in [0, 0.05) is 12.8 Å². The van der Waals surface area contributed by atoms with Crippen molar-refractivity contribution in [3.05, 3.63) is 65.5 Å². The second-order valence-electron chi connectivity index (χ2n) is 7.06. The topological polar surface area (TPSA) is 47.9 Å². The monoisotopic (exact) mass is 358 g/mol. The molecule has 0 bridgehead atoms. The van der Waals surface area contributed by atoms with Gasteiger partial charge in [-0.05, 0) is 36.1 Å². The molecule has 1 aliphatic heterocycles. The van der Waals surface area contributed by atoms with Crippen LogP contribution in [-0.4, -0.2) is 24.1 Å². The molecule has 2 aromatic carbocycles. The van der Waals surface area contributed by atoms with E-state index in [9.17, 15) is 9.50 Å². The van der Waals surface area contributed by atoms with Gasteiger partial charge >= 0.3 is 0 Å². The Labute approximate surface area is 152 Å². The highest BCUT2D eigenvalue weighted by Crippen LogP contribution is 2.45. The van der Waals surface area contributed by atoms with E-state index in [1.165, 1.54) is 6.07 Å². The molecule has 2 fully saturated rings. The number of ether oxygens (including phenoxy) is 3. The predicted molar refractivity (Wildman–Crippen MR) is 94.2 cm³/mol. The molecule has 1 aliphatic carbocycles. The smallest absolute Gasteiger partial charge is 0.168 e. The predicted octanol–water partition coefficient (Wildman–Crippen LogP) is 3.91. The summed E-state index contributed by atoms with van der Waals surface area (Å²) in [5, 5.41) is 11.0. The normalized spacial score (nSPS) is 21.0. The minimum atomic E-state index is -1.06. The van der Waals surface area contributed by atoms with Crippen LogP contribution in [0.25, 0.3) is 0 Å². The standard InChI is InChI=1S/C21H23FO4/c22-18-14-17(6-7-19(18)24-15-16-4-2-1-3-5-16)20(23)8-10-21(11-9-20)25-12-13-26-21/h1-7,14,23H,8-13,15H2. The van der Waals surface area contributed by atoms with Gasteiger partial charge in [0.25, 0.3) is 0 Å². The minimum absolute atomic E-state index is 0.191. The Balaban J connectivity index is 1.44. The van der Waals surface area contributed by atoms with Crippen LogP contribution in [0, 0.1) is 5.82 Å². The Morgan fingerprint density at radius 1 is 0.962 bits per heavy atom. The lowest BCUT2D eigenvalue weighted by atomic mass is 9.77. The van der Waals surface area contributed by atoms with Gasteiger partial charge in [-0.15, -0.1) is 0 Å². The number of rotatable bonds is 4. The highest BCUT2D eigenvalue weighted by molar-refractivity contribution is 5.33. The molecule has 4 rings (SSSR count). The van der Waals surface area contributed by atoms with Crippen molar-refractivity contribution in [3.8, 4) is 5.75 Å². The molecule has 0 amide bonds. The van der Waals surface area contributed by atoms with Gasteiger partial charge in [0.2, 0.25) is 0 Å². The molecule has 0 atom stereocenters. The molecule has 138 valence electrons. The van der Waals surface area contributed by atoms with Crippen LogP contribution in [-0.2, 0) is 21.7 Å². The van der Waals surface area contributed by atoms with E-state index in [1.807, 2.05) is 30.3 Å². The van der Waals surface area contributed by atoms with Gasteiger partial charge < -0.3 is 19.3 Å². The van der Waals surface area contributed by atoms with Crippen molar-refractivity contribution in [1.82, 2.24) is 0 Å². The van der Waals surface area contributed by atoms with Gasteiger partial charge in [-0.2, -0.15) is 0 Å². The van der Waals surface area contributed by atoms with Crippen molar-refractivity contribution in [3.63, 3.8) is 0 Å². The quantitative estimate of drug-likeness (QED) is 0.900. The molecule has 0 unspecified atom stereocenters. The maximum absolute atomic E-state index is 14.5. The maximum atomic E-state index is 14.5. The van der Waals surface area contributed by atoms with Crippen molar-refractivity contribution in [2.24, 2.45) is 0 Å². The van der Waals surface area contributed by atoms with E-state index in [2.05, 4.69) is 0 Å². The van der Waals surface area contributed by atoms with Crippen LogP contribution in [0.3, 0.4) is 0 Å². The molecule has 4 nitrogen and oxygen atoms in total. The summed E-state index contributed by atoms with van der Waals surface area (Å²) in [5.74, 6) is -0.819. The first-order chi connectivity index (χ1) is 12.6. The third-order valence-electron chi connectivity index (χ3n) is 5.36. The number of hydrogen-bond donors (Lipinski definition) is 1. The van der Waals surface area contributed by atoms with Crippen molar-refractivity contribution in [2.45, 2.75) is 43.7 Å². The average Bonchev–Trinajstić information content (AvgIpc) is 3.13. The van der Waals surface area contributed by atoms with Crippen LogP contribution >= 0.6 is 0 Å². The first-order valence-electron chi connectivity index (χ1n) is 9.06. The Bertz CT molecular complexity index is 746. The highest BCUT2D eigenvalue weighted by Gasteiger charge is 2.46. The lowest BCUT2D eigenvalue weighted by Gasteiger charge is -2.40. The highest BCUT2D eigenvalue weighted by atomic mass is 19.1. The van der Waals surface area contributed by atoms with Crippen LogP contribution < -0.4 is 4.74 Å². The molecule has 1 N–H and O–H groups in total. The van der Waals surface area contributed by atoms with Crippen molar-refractivity contribution in [1.29, 1.82) is 0 Å². The Hall–Kier alpha value is -1.95. The second-order valence-corrected chi connectivity index (χ2v) is 7.06. The van der Waals surface area contributed by atoms with Crippen molar-refractivity contribution >= 4 is 0 Å². The third-order valence-corrected chi connectivity index (χ3v) is 5.36. The summed E-state index contributed by atoms with van der Waals surface area (Å²) >= 11 is 0. The van der Waals surface area contributed by atoms with Gasteiger partial charge in [0.15, 0.2) is 17.4 Å². The van der Waals surface area contributed by atoms with Crippen LogP contribution in [0.1, 0.15) is 36.8 Å². The van der Waals surface area contributed by atoms with Crippen LogP contribution in [0.15, 0.2) is 48.5 Å². The lowest BCUT2D eigenvalue weighted by Crippen LogP contribution is -2.42. The van der Waals surface area contributed by atoms with E-state index >= 15 is 0 Å². The average molecular weight is 358 g/mol. The fourth-order valence-corrected chi connectivity index (χ4v) is 3.76. The summed E-state index contributed by atoms with van der Waals surface area (Å²) in [6, 6.07) is 14.4. The van der Waals surface area contributed by atoms with E-state index < -0.39 is 17.2 Å². The third kappa shape index (κ3) is 3.47. The summed E-state index contributed by atoms with van der Waals surface area (Å²) in [6.45, 7) is 1.50. The SMILES string of the molecule is OC1(c2ccc(OCc3ccccc3)c(F)c2)CCC2(CC1)OCCO2. The Kier molecular flexibility index (Phi) is 4.69. The zero-order valence-electron chi connectivity index (χ0n) is 14.6. The summed E-state index contributed by atoms with van der Waals surface area (Å²) in [7, 11) is 0. The van der Waals surface area contributed by atoms with Crippen molar-refractivity contribution in [2.75, 3.05) is 13.2 Å².